The van der Waals surface area contributed by atoms with E-state index in [2.05, 4.69) is 39.4 Å². The highest BCUT2D eigenvalue weighted by atomic mass is 35.5. The van der Waals surface area contributed by atoms with E-state index in [-0.39, 0.29) is 47.2 Å². The van der Waals surface area contributed by atoms with Gasteiger partial charge in [0.25, 0.3) is 0 Å². The summed E-state index contributed by atoms with van der Waals surface area (Å²) in [6, 6.07) is 7.82. The smallest absolute Gasteiger partial charge is 0.302 e. The predicted octanol–water partition coefficient (Wildman–Crippen LogP) is 1.13. The average molecular weight is 506 g/mol. The number of halogens is 1. The van der Waals surface area contributed by atoms with Gasteiger partial charge in [0.2, 0.25) is 0 Å². The maximum absolute atomic E-state index is 12.5. The zero-order valence-corrected chi connectivity index (χ0v) is 20.5. The number of amides is 1. The number of carbonyl (C=O) groups excluding carboxylic acids is 1. The summed E-state index contributed by atoms with van der Waals surface area (Å²) in [5, 5.41) is 24.5. The van der Waals surface area contributed by atoms with Crippen LogP contribution in [0, 0.1) is 5.41 Å². The number of aliphatic imine (C=N–C) groups is 1. The summed E-state index contributed by atoms with van der Waals surface area (Å²) in [5.41, 5.74) is 12.3. The van der Waals surface area contributed by atoms with E-state index < -0.39 is 12.0 Å². The molecule has 2 heterocycles. The van der Waals surface area contributed by atoms with Gasteiger partial charge in [-0.25, -0.2) is 9.97 Å². The Morgan fingerprint density at radius 2 is 2.00 bits per heavy atom. The second-order valence-corrected chi connectivity index (χ2v) is 9.64. The number of nitrogens with zero attached hydrogens (tertiary/aromatic N) is 3. The summed E-state index contributed by atoms with van der Waals surface area (Å²) >= 11 is 5.85. The first-order valence-electron chi connectivity index (χ1n) is 11.3. The Balaban J connectivity index is 1.50. The Hall–Kier alpha value is -3.15. The average Bonchev–Trinajstić information content (AvgIpc) is 3.24. The number of nitrogens with two attached hydrogens (primary N) is 2. The Morgan fingerprint density at radius 3 is 2.69 bits per heavy atom. The highest BCUT2D eigenvalue weighted by Gasteiger charge is 2.28. The third kappa shape index (κ3) is 7.67. The first kappa shape index (κ1) is 26.5. The maximum Gasteiger partial charge on any atom is 0.302 e. The fourth-order valence-corrected chi connectivity index (χ4v) is 3.84. The van der Waals surface area contributed by atoms with Crippen LogP contribution in [0.3, 0.4) is 0 Å². The van der Waals surface area contributed by atoms with Crippen LogP contribution in [0.15, 0.2) is 29.3 Å². The summed E-state index contributed by atoms with van der Waals surface area (Å²) in [5.74, 6) is 0.170. The molecule has 0 spiro atoms. The van der Waals surface area contributed by atoms with Gasteiger partial charge in [-0.2, -0.15) is 4.99 Å². The molecule has 1 saturated heterocycles. The van der Waals surface area contributed by atoms with Crippen molar-refractivity contribution in [3.8, 4) is 5.75 Å². The molecule has 1 aromatic heterocycles. The Kier molecular flexibility index (Phi) is 8.71. The molecule has 2 aromatic rings. The number of rotatable bonds is 10. The maximum atomic E-state index is 12.5. The lowest BCUT2D eigenvalue weighted by Gasteiger charge is -2.27. The SMILES string of the molecule is CC(C)(CCc1ccc(OC[C@@H](O)CO)cc1)C[C@H]1CN/C(=N/C(=O)c2nc(Cl)c(N)nc2N)N1. The minimum atomic E-state index is -0.888. The van der Waals surface area contributed by atoms with Gasteiger partial charge >= 0.3 is 5.91 Å². The van der Waals surface area contributed by atoms with E-state index in [1.165, 1.54) is 5.56 Å². The number of benzene rings is 1. The lowest BCUT2D eigenvalue weighted by Crippen LogP contribution is -2.33. The number of hydrogen-bond acceptors (Lipinski definition) is 8. The van der Waals surface area contributed by atoms with Crippen molar-refractivity contribution in [3.05, 3.63) is 40.7 Å². The number of nitrogens with one attached hydrogen (secondary N) is 2. The number of aryl methyl sites for hydroxylation is 1. The molecule has 0 bridgehead atoms. The van der Waals surface area contributed by atoms with E-state index in [1.807, 2.05) is 24.3 Å². The van der Waals surface area contributed by atoms with Gasteiger partial charge in [0.1, 0.15) is 18.5 Å². The lowest BCUT2D eigenvalue weighted by molar-refractivity contribution is 0.0536. The van der Waals surface area contributed by atoms with Crippen molar-refractivity contribution in [1.29, 1.82) is 0 Å². The van der Waals surface area contributed by atoms with Gasteiger partial charge in [-0.3, -0.25) is 4.79 Å². The molecule has 8 N–H and O–H groups in total. The molecule has 1 aliphatic heterocycles. The number of aliphatic hydroxyl groups excluding tert-OH is 2. The first-order chi connectivity index (χ1) is 16.6. The van der Waals surface area contributed by atoms with E-state index >= 15 is 0 Å². The molecule has 1 amide bonds. The van der Waals surface area contributed by atoms with E-state index in [0.29, 0.717) is 18.3 Å². The van der Waals surface area contributed by atoms with Crippen molar-refractivity contribution in [3.63, 3.8) is 0 Å². The van der Waals surface area contributed by atoms with E-state index in [1.54, 1.807) is 0 Å². The topological polar surface area (TPSA) is 181 Å². The van der Waals surface area contributed by atoms with Crippen molar-refractivity contribution < 1.29 is 19.7 Å². The number of hydrogen-bond donors (Lipinski definition) is 6. The standard InChI is InChI=1S/C23H32ClN7O4/c1-23(2,8-7-13-3-5-16(6-4-13)35-12-15(33)11-32)9-14-10-27-22(28-14)31-21(34)17-19(25)30-20(26)18(24)29-17/h3-6,14-15,32-33H,7-12H2,1-2H3,(H4,25,26,30)(H2,27,28,31,34)/t14-,15-/m0/s1. The molecule has 12 heteroatoms. The molecule has 0 aliphatic carbocycles. The van der Waals surface area contributed by atoms with E-state index in [4.69, 9.17) is 32.9 Å². The molecule has 35 heavy (non-hydrogen) atoms. The lowest BCUT2D eigenvalue weighted by atomic mass is 9.80. The highest BCUT2D eigenvalue weighted by Crippen LogP contribution is 2.29. The highest BCUT2D eigenvalue weighted by molar-refractivity contribution is 6.31. The number of nitrogen functional groups attached to an aromatic ring is 2. The minimum Gasteiger partial charge on any atom is -0.491 e. The zero-order chi connectivity index (χ0) is 25.6. The minimum absolute atomic E-state index is 0.0274. The number of carbonyl (C=O) groups is 1. The fourth-order valence-electron chi connectivity index (χ4n) is 3.71. The number of aromatic nitrogens is 2. The van der Waals surface area contributed by atoms with Gasteiger partial charge < -0.3 is 37.1 Å². The summed E-state index contributed by atoms with van der Waals surface area (Å²) in [6.07, 6.45) is 1.82. The second-order valence-electron chi connectivity index (χ2n) is 9.28. The molecule has 1 aliphatic rings. The van der Waals surface area contributed by atoms with Crippen LogP contribution in [0.4, 0.5) is 11.6 Å². The molecule has 0 saturated carbocycles. The van der Waals surface area contributed by atoms with E-state index in [9.17, 15) is 9.90 Å². The van der Waals surface area contributed by atoms with Crippen molar-refractivity contribution in [2.24, 2.45) is 10.4 Å². The molecular formula is C23H32ClN7O4. The van der Waals surface area contributed by atoms with Crippen LogP contribution in [0.25, 0.3) is 0 Å². The molecule has 1 aromatic carbocycles. The number of aliphatic hydroxyl groups is 2. The van der Waals surface area contributed by atoms with Gasteiger partial charge in [-0.05, 0) is 42.4 Å². The van der Waals surface area contributed by atoms with Crippen molar-refractivity contribution in [2.75, 3.05) is 31.2 Å². The van der Waals surface area contributed by atoms with Crippen LogP contribution < -0.4 is 26.8 Å². The summed E-state index contributed by atoms with van der Waals surface area (Å²) in [4.78, 5) is 24.2. The van der Waals surface area contributed by atoms with Crippen LogP contribution in [0.1, 0.15) is 42.7 Å². The summed E-state index contributed by atoms with van der Waals surface area (Å²) in [6.45, 7) is 4.76. The number of anilines is 2. The third-order valence-corrected chi connectivity index (χ3v) is 5.92. The van der Waals surface area contributed by atoms with Gasteiger partial charge in [0.15, 0.2) is 28.4 Å². The van der Waals surface area contributed by atoms with Crippen LogP contribution >= 0.6 is 11.6 Å². The van der Waals surface area contributed by atoms with Gasteiger partial charge in [-0.1, -0.05) is 37.6 Å². The molecule has 2 atom stereocenters. The van der Waals surface area contributed by atoms with Gasteiger partial charge in [0.05, 0.1) is 6.61 Å². The Morgan fingerprint density at radius 1 is 1.29 bits per heavy atom. The number of guanidine groups is 1. The third-order valence-electron chi connectivity index (χ3n) is 5.64. The van der Waals surface area contributed by atoms with Crippen molar-refractivity contribution in [2.45, 2.75) is 45.3 Å². The van der Waals surface area contributed by atoms with Crippen molar-refractivity contribution in [1.82, 2.24) is 20.6 Å². The first-order valence-corrected chi connectivity index (χ1v) is 11.7. The summed E-state index contributed by atoms with van der Waals surface area (Å²) in [7, 11) is 0. The van der Waals surface area contributed by atoms with E-state index in [0.717, 1.165) is 19.3 Å². The second kappa shape index (κ2) is 11.5. The van der Waals surface area contributed by atoms with Crippen LogP contribution in [-0.2, 0) is 6.42 Å². The van der Waals surface area contributed by atoms with Crippen LogP contribution in [-0.4, -0.2) is 64.0 Å². The monoisotopic (exact) mass is 505 g/mol. The molecular weight excluding hydrogens is 474 g/mol. The van der Waals surface area contributed by atoms with Gasteiger partial charge in [-0.15, -0.1) is 0 Å². The number of ether oxygens (including phenoxy) is 1. The van der Waals surface area contributed by atoms with Crippen LogP contribution in [0.5, 0.6) is 5.75 Å². The predicted molar refractivity (Wildman–Crippen MR) is 134 cm³/mol. The molecule has 0 unspecified atom stereocenters. The summed E-state index contributed by atoms with van der Waals surface area (Å²) < 4.78 is 5.44. The molecule has 0 radical (unpaired) electrons. The largest absolute Gasteiger partial charge is 0.491 e. The Bertz CT molecular complexity index is 1060. The fraction of sp³-hybridized carbons (Fsp3) is 0.478. The Labute approximate surface area is 209 Å². The van der Waals surface area contributed by atoms with Crippen molar-refractivity contribution >= 4 is 35.1 Å². The molecule has 3 rings (SSSR count). The zero-order valence-electron chi connectivity index (χ0n) is 19.8. The normalized spacial score (nSPS) is 17.6. The molecule has 1 fully saturated rings. The molecule has 11 nitrogen and oxygen atoms in total. The quantitative estimate of drug-likeness (QED) is 0.274. The molecule has 190 valence electrons. The van der Waals surface area contributed by atoms with Crippen LogP contribution in [0.2, 0.25) is 5.15 Å². The van der Waals surface area contributed by atoms with Gasteiger partial charge in [0, 0.05) is 12.6 Å².